The highest BCUT2D eigenvalue weighted by atomic mass is 32.1. The lowest BCUT2D eigenvalue weighted by molar-refractivity contribution is -0.129. The molecule has 150 valence electrons. The maximum atomic E-state index is 12.2. The Hall–Kier alpha value is -1.62. The van der Waals surface area contributed by atoms with Crippen molar-refractivity contribution in [3.63, 3.8) is 0 Å². The van der Waals surface area contributed by atoms with E-state index in [1.54, 1.807) is 0 Å². The number of thiol groups is 2. The van der Waals surface area contributed by atoms with E-state index in [2.05, 4.69) is 45.9 Å². The third-order valence-electron chi connectivity index (χ3n) is 3.22. The fraction of sp³-hybridized carbons (Fsp3) is 0.733. The zero-order valence-corrected chi connectivity index (χ0v) is 16.5. The monoisotopic (exact) mass is 408 g/mol. The molecule has 9 nitrogen and oxygen atoms in total. The summed E-state index contributed by atoms with van der Waals surface area (Å²) in [5, 5.41) is 7.99. The van der Waals surface area contributed by atoms with Gasteiger partial charge in [0.1, 0.15) is 12.6 Å². The minimum absolute atomic E-state index is 0.0461. The molecule has 0 aromatic heterocycles. The van der Waals surface area contributed by atoms with Crippen LogP contribution < -0.4 is 21.7 Å². The SMILES string of the molecule is NC(=O)OCCNC(=O)C(CCCCNC(=O)CCS)NC(=O)CCS. The van der Waals surface area contributed by atoms with Gasteiger partial charge in [0.2, 0.25) is 17.7 Å². The number of nitrogens with two attached hydrogens (primary N) is 1. The number of primary amides is 1. The number of carbonyl (C=O) groups excluding carboxylic acids is 4. The van der Waals surface area contributed by atoms with Crippen molar-refractivity contribution in [3.05, 3.63) is 0 Å². The van der Waals surface area contributed by atoms with Crippen LogP contribution in [0.3, 0.4) is 0 Å². The second-order valence-electron chi connectivity index (χ2n) is 5.37. The van der Waals surface area contributed by atoms with Gasteiger partial charge in [-0.3, -0.25) is 14.4 Å². The van der Waals surface area contributed by atoms with E-state index in [-0.39, 0.29) is 37.3 Å². The van der Waals surface area contributed by atoms with Gasteiger partial charge in [0.15, 0.2) is 0 Å². The molecule has 0 aromatic rings. The molecule has 0 aromatic carbocycles. The van der Waals surface area contributed by atoms with Crippen LogP contribution in [0.1, 0.15) is 32.1 Å². The lowest BCUT2D eigenvalue weighted by Gasteiger charge is -2.18. The topological polar surface area (TPSA) is 140 Å². The van der Waals surface area contributed by atoms with Crippen LogP contribution in [0.2, 0.25) is 0 Å². The quantitative estimate of drug-likeness (QED) is 0.172. The van der Waals surface area contributed by atoms with E-state index in [1.165, 1.54) is 0 Å². The summed E-state index contributed by atoms with van der Waals surface area (Å²) in [6.07, 6.45) is 1.38. The average Bonchev–Trinajstić information content (AvgIpc) is 2.57. The Labute approximate surface area is 164 Å². The Morgan fingerprint density at radius 3 is 2.19 bits per heavy atom. The summed E-state index contributed by atoms with van der Waals surface area (Å²) in [6, 6.07) is -0.705. The number of amides is 4. The second kappa shape index (κ2) is 15.6. The van der Waals surface area contributed by atoms with Gasteiger partial charge in [0, 0.05) is 19.4 Å². The lowest BCUT2D eigenvalue weighted by Crippen LogP contribution is -2.47. The fourth-order valence-electron chi connectivity index (χ4n) is 1.98. The molecular formula is C15H28N4O5S2. The van der Waals surface area contributed by atoms with Crippen LogP contribution in [0, 0.1) is 0 Å². The smallest absolute Gasteiger partial charge is 0.404 e. The molecule has 0 aliphatic rings. The molecule has 11 heteroatoms. The van der Waals surface area contributed by atoms with Gasteiger partial charge in [-0.2, -0.15) is 25.3 Å². The Kier molecular flexibility index (Phi) is 14.6. The molecule has 0 bridgehead atoms. The largest absolute Gasteiger partial charge is 0.448 e. The molecule has 0 radical (unpaired) electrons. The van der Waals surface area contributed by atoms with Crippen LogP contribution in [0.15, 0.2) is 0 Å². The molecule has 26 heavy (non-hydrogen) atoms. The Bertz CT molecular complexity index is 465. The van der Waals surface area contributed by atoms with E-state index in [0.29, 0.717) is 43.7 Å². The lowest BCUT2D eigenvalue weighted by atomic mass is 10.1. The van der Waals surface area contributed by atoms with Crippen LogP contribution >= 0.6 is 25.3 Å². The highest BCUT2D eigenvalue weighted by molar-refractivity contribution is 7.80. The van der Waals surface area contributed by atoms with Crippen LogP contribution in [-0.4, -0.2) is 61.1 Å². The third kappa shape index (κ3) is 13.6. The predicted molar refractivity (Wildman–Crippen MR) is 104 cm³/mol. The molecule has 0 saturated heterocycles. The molecule has 0 aliphatic carbocycles. The summed E-state index contributed by atoms with van der Waals surface area (Å²) < 4.78 is 4.53. The number of unbranched alkanes of at least 4 members (excludes halogenated alkanes) is 1. The molecule has 5 N–H and O–H groups in total. The van der Waals surface area contributed by atoms with Gasteiger partial charge in [0.25, 0.3) is 0 Å². The molecule has 0 fully saturated rings. The van der Waals surface area contributed by atoms with E-state index in [0.717, 1.165) is 0 Å². The third-order valence-corrected chi connectivity index (χ3v) is 3.66. The summed E-state index contributed by atoms with van der Waals surface area (Å²) in [7, 11) is 0. The van der Waals surface area contributed by atoms with Crippen LogP contribution in [0.25, 0.3) is 0 Å². The summed E-state index contributed by atoms with van der Waals surface area (Å²) in [5.74, 6) is 0.167. The van der Waals surface area contributed by atoms with Crippen LogP contribution in [0.4, 0.5) is 4.79 Å². The first-order valence-corrected chi connectivity index (χ1v) is 9.65. The normalized spacial score (nSPS) is 11.3. The number of hydrogen-bond acceptors (Lipinski definition) is 7. The zero-order chi connectivity index (χ0) is 19.8. The average molecular weight is 409 g/mol. The van der Waals surface area contributed by atoms with Gasteiger partial charge in [-0.15, -0.1) is 0 Å². The summed E-state index contributed by atoms with van der Waals surface area (Å²) in [6.45, 7) is 0.550. The number of carbonyl (C=O) groups is 4. The molecule has 0 rings (SSSR count). The van der Waals surface area contributed by atoms with E-state index in [1.807, 2.05) is 0 Å². The summed E-state index contributed by atoms with van der Waals surface area (Å²) in [4.78, 5) is 45.7. The maximum absolute atomic E-state index is 12.2. The van der Waals surface area contributed by atoms with Crippen LogP contribution in [0.5, 0.6) is 0 Å². The molecule has 0 saturated carbocycles. The van der Waals surface area contributed by atoms with Crippen molar-refractivity contribution in [3.8, 4) is 0 Å². The number of hydrogen-bond donors (Lipinski definition) is 6. The van der Waals surface area contributed by atoms with Crippen molar-refractivity contribution >= 4 is 49.1 Å². The van der Waals surface area contributed by atoms with Gasteiger partial charge < -0.3 is 26.4 Å². The highest BCUT2D eigenvalue weighted by Gasteiger charge is 2.19. The summed E-state index contributed by atoms with van der Waals surface area (Å²) in [5.41, 5.74) is 4.83. The van der Waals surface area contributed by atoms with Crippen molar-refractivity contribution < 1.29 is 23.9 Å². The van der Waals surface area contributed by atoms with Gasteiger partial charge in [-0.05, 0) is 30.8 Å². The van der Waals surface area contributed by atoms with Crippen molar-refractivity contribution in [2.75, 3.05) is 31.2 Å². The van der Waals surface area contributed by atoms with E-state index in [4.69, 9.17) is 5.73 Å². The van der Waals surface area contributed by atoms with Gasteiger partial charge >= 0.3 is 6.09 Å². The molecule has 0 spiro atoms. The number of nitrogens with one attached hydrogen (secondary N) is 3. The molecule has 0 heterocycles. The Balaban J connectivity index is 4.28. The minimum atomic E-state index is -0.919. The number of rotatable bonds is 14. The van der Waals surface area contributed by atoms with E-state index >= 15 is 0 Å². The summed E-state index contributed by atoms with van der Waals surface area (Å²) >= 11 is 7.97. The molecule has 4 amide bonds. The highest BCUT2D eigenvalue weighted by Crippen LogP contribution is 2.02. The predicted octanol–water partition coefficient (Wildman–Crippen LogP) is -0.391. The molecule has 0 aliphatic heterocycles. The first-order valence-electron chi connectivity index (χ1n) is 8.38. The Morgan fingerprint density at radius 1 is 0.923 bits per heavy atom. The van der Waals surface area contributed by atoms with Crippen LogP contribution in [-0.2, 0) is 19.1 Å². The van der Waals surface area contributed by atoms with Gasteiger partial charge in [-0.25, -0.2) is 4.79 Å². The molecule has 1 unspecified atom stereocenters. The van der Waals surface area contributed by atoms with Gasteiger partial charge in [0.05, 0.1) is 6.54 Å². The fourth-order valence-corrected chi connectivity index (χ4v) is 2.38. The van der Waals surface area contributed by atoms with E-state index < -0.39 is 12.1 Å². The van der Waals surface area contributed by atoms with Crippen molar-refractivity contribution in [2.45, 2.75) is 38.1 Å². The zero-order valence-electron chi connectivity index (χ0n) is 14.7. The number of ether oxygens (including phenoxy) is 1. The van der Waals surface area contributed by atoms with E-state index in [9.17, 15) is 19.2 Å². The molecular weight excluding hydrogens is 380 g/mol. The maximum Gasteiger partial charge on any atom is 0.404 e. The first kappa shape index (κ1) is 24.4. The first-order chi connectivity index (χ1) is 12.4. The standard InChI is InChI=1S/C15H28N4O5S2/c16-15(23)24-8-7-18-14(22)11(19-13(21)5-10-26)3-1-2-6-17-12(20)4-9-25/h11,25-26H,1-10H2,(H2,16,23)(H,17,20)(H,18,22)(H,19,21). The Morgan fingerprint density at radius 2 is 1.58 bits per heavy atom. The van der Waals surface area contributed by atoms with Crippen molar-refractivity contribution in [1.82, 2.24) is 16.0 Å². The van der Waals surface area contributed by atoms with Crippen molar-refractivity contribution in [2.24, 2.45) is 5.73 Å². The second-order valence-corrected chi connectivity index (χ2v) is 6.27. The molecule has 1 atom stereocenters. The minimum Gasteiger partial charge on any atom is -0.448 e. The van der Waals surface area contributed by atoms with Gasteiger partial charge in [-0.1, -0.05) is 0 Å². The van der Waals surface area contributed by atoms with Crippen molar-refractivity contribution in [1.29, 1.82) is 0 Å².